The van der Waals surface area contributed by atoms with E-state index < -0.39 is 5.97 Å². The molecule has 0 bridgehead atoms. The summed E-state index contributed by atoms with van der Waals surface area (Å²) >= 11 is 0. The highest BCUT2D eigenvalue weighted by Crippen LogP contribution is 2.25. The minimum absolute atomic E-state index is 0.0961. The molecule has 1 aromatic heterocycles. The summed E-state index contributed by atoms with van der Waals surface area (Å²) in [6.07, 6.45) is 2.46. The number of rotatable bonds is 2. The predicted molar refractivity (Wildman–Crippen MR) is 80.4 cm³/mol. The van der Waals surface area contributed by atoms with Crippen LogP contribution in [0, 0.1) is 11.8 Å². The van der Waals surface area contributed by atoms with Crippen LogP contribution in [0.5, 0.6) is 0 Å². The Bertz CT molecular complexity index is 865. The van der Waals surface area contributed by atoms with Crippen LogP contribution in [0.3, 0.4) is 0 Å². The molecule has 0 spiro atoms. The molecule has 0 N–H and O–H groups in total. The van der Waals surface area contributed by atoms with Gasteiger partial charge in [0.1, 0.15) is 5.56 Å². The van der Waals surface area contributed by atoms with Crippen LogP contribution in [0.4, 0.5) is 0 Å². The van der Waals surface area contributed by atoms with Gasteiger partial charge in [0.25, 0.3) is 0 Å². The fraction of sp³-hybridized carbons (Fsp3) is 0.294. The lowest BCUT2D eigenvalue weighted by Crippen LogP contribution is -2.20. The maximum absolute atomic E-state index is 12.6. The van der Waals surface area contributed by atoms with Crippen LogP contribution in [0.1, 0.15) is 35.3 Å². The van der Waals surface area contributed by atoms with Crippen LogP contribution in [-0.2, 0) is 17.7 Å². The van der Waals surface area contributed by atoms with Gasteiger partial charge in [-0.15, -0.1) is 5.92 Å². The Morgan fingerprint density at radius 2 is 2.24 bits per heavy atom. The van der Waals surface area contributed by atoms with Crippen LogP contribution in [0.25, 0.3) is 10.9 Å². The van der Waals surface area contributed by atoms with Gasteiger partial charge in [-0.3, -0.25) is 4.79 Å². The molecule has 4 heteroatoms. The van der Waals surface area contributed by atoms with Crippen molar-refractivity contribution in [2.45, 2.75) is 26.8 Å². The largest absolute Gasteiger partial charge is 0.462 e. The summed E-state index contributed by atoms with van der Waals surface area (Å²) in [7, 11) is 0. The molecule has 0 saturated heterocycles. The number of hydrogen-bond acceptors (Lipinski definition) is 3. The van der Waals surface area contributed by atoms with Crippen molar-refractivity contribution in [1.29, 1.82) is 0 Å². The number of aromatic nitrogens is 1. The molecule has 1 aliphatic rings. The minimum atomic E-state index is -0.562. The zero-order valence-electron chi connectivity index (χ0n) is 12.0. The van der Waals surface area contributed by atoms with Gasteiger partial charge in [0.05, 0.1) is 12.1 Å². The molecule has 0 amide bonds. The second-order valence-corrected chi connectivity index (χ2v) is 4.94. The molecule has 0 aliphatic carbocycles. The number of ether oxygens (including phenoxy) is 1. The molecule has 0 unspecified atom stereocenters. The number of nitrogens with zero attached hydrogens (tertiary/aromatic N) is 1. The highest BCUT2D eigenvalue weighted by molar-refractivity contribution is 5.95. The normalized spacial score (nSPS) is 12.1. The van der Waals surface area contributed by atoms with Gasteiger partial charge in [-0.25, -0.2) is 4.79 Å². The Kier molecular flexibility index (Phi) is 3.26. The molecule has 1 aliphatic heterocycles. The maximum atomic E-state index is 12.6. The average molecular weight is 281 g/mol. The molecule has 2 aromatic rings. The summed E-state index contributed by atoms with van der Waals surface area (Å²) in [4.78, 5) is 24.5. The molecular formula is C17H15NO3. The van der Waals surface area contributed by atoms with E-state index in [9.17, 15) is 9.59 Å². The Morgan fingerprint density at radius 3 is 2.95 bits per heavy atom. The standard InChI is InChI=1S/C17H15NO3/c1-3-5-11-8-12-6-7-18-10-14(17(20)21-4-2)16(19)13(9-11)15(12)18/h8-10H,4,6-7H2,1-2H3. The van der Waals surface area contributed by atoms with Crippen molar-refractivity contribution in [2.24, 2.45) is 0 Å². The monoisotopic (exact) mass is 281 g/mol. The van der Waals surface area contributed by atoms with Crippen LogP contribution >= 0.6 is 0 Å². The third-order valence-corrected chi connectivity index (χ3v) is 3.64. The highest BCUT2D eigenvalue weighted by atomic mass is 16.5. The summed E-state index contributed by atoms with van der Waals surface area (Å²) < 4.78 is 6.93. The molecule has 1 aromatic carbocycles. The number of benzene rings is 1. The first-order chi connectivity index (χ1) is 10.2. The molecule has 0 fully saturated rings. The Balaban J connectivity index is 2.32. The van der Waals surface area contributed by atoms with Gasteiger partial charge in [0.2, 0.25) is 5.43 Å². The fourth-order valence-electron chi connectivity index (χ4n) is 2.81. The fourth-order valence-corrected chi connectivity index (χ4v) is 2.81. The van der Waals surface area contributed by atoms with Crippen LogP contribution in [0.15, 0.2) is 23.1 Å². The van der Waals surface area contributed by atoms with Gasteiger partial charge in [0, 0.05) is 23.7 Å². The van der Waals surface area contributed by atoms with E-state index in [1.54, 1.807) is 26.1 Å². The van der Waals surface area contributed by atoms with Crippen molar-refractivity contribution < 1.29 is 9.53 Å². The van der Waals surface area contributed by atoms with E-state index >= 15 is 0 Å². The summed E-state index contributed by atoms with van der Waals surface area (Å²) in [6.45, 7) is 4.50. The van der Waals surface area contributed by atoms with E-state index in [0.29, 0.717) is 5.39 Å². The molecular weight excluding hydrogens is 266 g/mol. The van der Waals surface area contributed by atoms with Gasteiger partial charge in [-0.2, -0.15) is 0 Å². The third kappa shape index (κ3) is 2.11. The molecule has 0 radical (unpaired) electrons. The van der Waals surface area contributed by atoms with Crippen molar-refractivity contribution in [1.82, 2.24) is 4.57 Å². The topological polar surface area (TPSA) is 48.3 Å². The van der Waals surface area contributed by atoms with E-state index in [4.69, 9.17) is 4.74 Å². The lowest BCUT2D eigenvalue weighted by atomic mass is 10.0. The molecule has 2 heterocycles. The Hall–Kier alpha value is -2.54. The van der Waals surface area contributed by atoms with Gasteiger partial charge in [-0.1, -0.05) is 5.92 Å². The second-order valence-electron chi connectivity index (χ2n) is 4.94. The zero-order valence-corrected chi connectivity index (χ0v) is 12.0. The molecule has 0 saturated carbocycles. The number of hydrogen-bond donors (Lipinski definition) is 0. The number of carbonyl (C=O) groups excluding carboxylic acids is 1. The molecule has 4 nitrogen and oxygen atoms in total. The SMILES string of the molecule is CC#Cc1cc2c3c(c1)c(=O)c(C(=O)OCC)cn3CC2. The quantitative estimate of drug-likeness (QED) is 0.625. The summed E-state index contributed by atoms with van der Waals surface area (Å²) in [6, 6.07) is 3.79. The van der Waals surface area contributed by atoms with Gasteiger partial charge < -0.3 is 9.30 Å². The Labute approximate surface area is 122 Å². The van der Waals surface area contributed by atoms with Gasteiger partial charge in [-0.05, 0) is 38.0 Å². The average Bonchev–Trinajstić information content (AvgIpc) is 2.86. The minimum Gasteiger partial charge on any atom is -0.462 e. The second kappa shape index (κ2) is 5.10. The first kappa shape index (κ1) is 13.4. The number of pyridine rings is 1. The molecule has 3 rings (SSSR count). The van der Waals surface area contributed by atoms with Crippen molar-refractivity contribution in [2.75, 3.05) is 6.61 Å². The van der Waals surface area contributed by atoms with E-state index in [1.165, 1.54) is 0 Å². The maximum Gasteiger partial charge on any atom is 0.343 e. The van der Waals surface area contributed by atoms with Gasteiger partial charge >= 0.3 is 5.97 Å². The van der Waals surface area contributed by atoms with Crippen LogP contribution in [-0.4, -0.2) is 17.1 Å². The van der Waals surface area contributed by atoms with Crippen LogP contribution < -0.4 is 5.43 Å². The van der Waals surface area contributed by atoms with Gasteiger partial charge in [0.15, 0.2) is 0 Å². The van der Waals surface area contributed by atoms with E-state index in [2.05, 4.69) is 11.8 Å². The summed E-state index contributed by atoms with van der Waals surface area (Å²) in [5.74, 6) is 5.27. The lowest BCUT2D eigenvalue weighted by molar-refractivity contribution is 0.0524. The smallest absolute Gasteiger partial charge is 0.343 e. The summed E-state index contributed by atoms with van der Waals surface area (Å²) in [5.41, 5.74) is 2.65. The van der Waals surface area contributed by atoms with E-state index in [1.807, 2.05) is 10.6 Å². The lowest BCUT2D eigenvalue weighted by Gasteiger charge is -2.08. The molecule has 106 valence electrons. The van der Waals surface area contributed by atoms with Crippen LogP contribution in [0.2, 0.25) is 0 Å². The highest BCUT2D eigenvalue weighted by Gasteiger charge is 2.21. The first-order valence-corrected chi connectivity index (χ1v) is 6.95. The zero-order chi connectivity index (χ0) is 15.0. The van der Waals surface area contributed by atoms with Crippen molar-refractivity contribution >= 4 is 16.9 Å². The number of carbonyl (C=O) groups is 1. The third-order valence-electron chi connectivity index (χ3n) is 3.64. The van der Waals surface area contributed by atoms with E-state index in [0.717, 1.165) is 29.6 Å². The van der Waals surface area contributed by atoms with Crippen molar-refractivity contribution in [3.8, 4) is 11.8 Å². The molecule has 0 atom stereocenters. The predicted octanol–water partition coefficient (Wildman–Crippen LogP) is 2.11. The first-order valence-electron chi connectivity index (χ1n) is 6.95. The van der Waals surface area contributed by atoms with Crippen molar-refractivity contribution in [3.05, 3.63) is 45.2 Å². The van der Waals surface area contributed by atoms with Crippen molar-refractivity contribution in [3.63, 3.8) is 0 Å². The summed E-state index contributed by atoms with van der Waals surface area (Å²) in [5, 5.41) is 0.549. The Morgan fingerprint density at radius 1 is 1.43 bits per heavy atom. The number of aryl methyl sites for hydroxylation is 2. The van der Waals surface area contributed by atoms with E-state index in [-0.39, 0.29) is 17.6 Å². The molecule has 21 heavy (non-hydrogen) atoms. The number of esters is 1.